The molecular weight excluding hydrogens is 413 g/mol. The van der Waals surface area contributed by atoms with Gasteiger partial charge in [0.1, 0.15) is 5.01 Å². The molecule has 0 aliphatic heterocycles. The van der Waals surface area contributed by atoms with Crippen molar-refractivity contribution in [2.75, 3.05) is 0 Å². The zero-order valence-electron chi connectivity index (χ0n) is 9.04. The first-order valence-corrected chi connectivity index (χ1v) is 7.70. The molecule has 17 heavy (non-hydrogen) atoms. The van der Waals surface area contributed by atoms with E-state index in [1.54, 1.807) is 0 Å². The van der Waals surface area contributed by atoms with Crippen LogP contribution in [0.25, 0.3) is 0 Å². The van der Waals surface area contributed by atoms with Crippen LogP contribution in [0.15, 0.2) is 28.1 Å². The average Bonchev–Trinajstić information content (AvgIpc) is 2.67. The van der Waals surface area contributed by atoms with Gasteiger partial charge in [-0.3, -0.25) is 4.79 Å². The molecule has 1 heterocycles. The van der Waals surface area contributed by atoms with E-state index >= 15 is 0 Å². The van der Waals surface area contributed by atoms with E-state index in [-0.39, 0.29) is 5.78 Å². The third-order valence-electron chi connectivity index (χ3n) is 2.21. The van der Waals surface area contributed by atoms with Crippen molar-refractivity contribution in [2.24, 2.45) is 0 Å². The van der Waals surface area contributed by atoms with Crippen LogP contribution in [0.2, 0.25) is 0 Å². The summed E-state index contributed by atoms with van der Waals surface area (Å²) < 4.78 is 1.90. The fraction of sp³-hybridized carbons (Fsp3) is 0.167. The van der Waals surface area contributed by atoms with Gasteiger partial charge in [0.15, 0.2) is 5.78 Å². The number of carbonyl (C=O) groups is 1. The van der Waals surface area contributed by atoms with Gasteiger partial charge in [-0.25, -0.2) is 4.98 Å². The van der Waals surface area contributed by atoms with Gasteiger partial charge in [-0.05, 0) is 47.7 Å². The lowest BCUT2D eigenvalue weighted by Crippen LogP contribution is -2.05. The summed E-state index contributed by atoms with van der Waals surface area (Å²) >= 11 is 7.10. The van der Waals surface area contributed by atoms with Crippen molar-refractivity contribution >= 4 is 55.6 Å². The average molecular weight is 422 g/mol. The highest BCUT2D eigenvalue weighted by Crippen LogP contribution is 2.21. The highest BCUT2D eigenvalue weighted by atomic mass is 127. The van der Waals surface area contributed by atoms with Gasteiger partial charge in [-0.2, -0.15) is 0 Å². The molecule has 0 aliphatic rings. The number of ketones is 1. The number of Topliss-reactive ketones (excluding diaryl/α,β-unsaturated/α-hetero) is 1. The minimum absolute atomic E-state index is 0.116. The minimum Gasteiger partial charge on any atom is -0.294 e. The first-order chi connectivity index (χ1) is 8.06. The molecule has 0 aliphatic carbocycles. The molecular formula is C12H9BrINOS. The maximum atomic E-state index is 12.1. The predicted octanol–water partition coefficient (Wildman–Crippen LogP) is 4.24. The summed E-state index contributed by atoms with van der Waals surface area (Å²) in [6.45, 7) is 1.94. The number of nitrogens with zero attached hydrogens (tertiary/aromatic N) is 1. The van der Waals surface area contributed by atoms with E-state index in [0.29, 0.717) is 6.42 Å². The largest absolute Gasteiger partial charge is 0.294 e. The van der Waals surface area contributed by atoms with Crippen LogP contribution in [0.3, 0.4) is 0 Å². The molecule has 0 saturated heterocycles. The lowest BCUT2D eigenvalue weighted by Gasteiger charge is -2.03. The number of thiazole rings is 1. The Morgan fingerprint density at radius 1 is 1.53 bits per heavy atom. The molecule has 5 heteroatoms. The Labute approximate surface area is 126 Å². The molecule has 0 fully saturated rings. The molecule has 1 aromatic carbocycles. The van der Waals surface area contributed by atoms with E-state index in [4.69, 9.17) is 0 Å². The maximum Gasteiger partial charge on any atom is 0.170 e. The summed E-state index contributed by atoms with van der Waals surface area (Å²) in [6, 6.07) is 5.74. The van der Waals surface area contributed by atoms with Crippen molar-refractivity contribution in [3.63, 3.8) is 0 Å². The van der Waals surface area contributed by atoms with E-state index in [9.17, 15) is 4.79 Å². The Bertz CT molecular complexity index is 567. The number of aromatic nitrogens is 1. The highest BCUT2D eigenvalue weighted by molar-refractivity contribution is 14.1. The number of hydrogen-bond donors (Lipinski definition) is 0. The Hall–Kier alpha value is -0.270. The first-order valence-electron chi connectivity index (χ1n) is 4.95. The lowest BCUT2D eigenvalue weighted by atomic mass is 10.1. The third-order valence-corrected chi connectivity index (χ3v) is 4.61. The monoisotopic (exact) mass is 421 g/mol. The number of hydrogen-bond acceptors (Lipinski definition) is 3. The highest BCUT2D eigenvalue weighted by Gasteiger charge is 2.13. The molecule has 1 aromatic heterocycles. The Morgan fingerprint density at radius 3 is 2.94 bits per heavy atom. The Kier molecular flexibility index (Phi) is 4.32. The standard InChI is InChI=1S/C12H9BrINOS/c1-7-6-17-12(15-7)5-11(16)9-4-8(13)2-3-10(9)14/h2-4,6H,5H2,1H3. The van der Waals surface area contributed by atoms with Gasteiger partial charge in [-0.15, -0.1) is 11.3 Å². The van der Waals surface area contributed by atoms with Crippen LogP contribution in [0, 0.1) is 10.5 Å². The molecule has 0 spiro atoms. The molecule has 2 aromatic rings. The van der Waals surface area contributed by atoms with Crippen molar-refractivity contribution in [1.29, 1.82) is 0 Å². The molecule has 0 radical (unpaired) electrons. The number of benzene rings is 1. The van der Waals surface area contributed by atoms with Crippen LogP contribution < -0.4 is 0 Å². The van der Waals surface area contributed by atoms with E-state index in [0.717, 1.165) is 24.3 Å². The second kappa shape index (κ2) is 5.58. The van der Waals surface area contributed by atoms with Crippen LogP contribution >= 0.6 is 49.9 Å². The Balaban J connectivity index is 2.22. The third kappa shape index (κ3) is 3.35. The van der Waals surface area contributed by atoms with Gasteiger partial charge in [0.2, 0.25) is 0 Å². The van der Waals surface area contributed by atoms with Gasteiger partial charge < -0.3 is 0 Å². The number of carbonyl (C=O) groups excluding carboxylic acids is 1. The van der Waals surface area contributed by atoms with Crippen LogP contribution in [-0.4, -0.2) is 10.8 Å². The number of aryl methyl sites for hydroxylation is 1. The summed E-state index contributed by atoms with van der Waals surface area (Å²) in [5, 5.41) is 2.84. The SMILES string of the molecule is Cc1csc(CC(=O)c2cc(Br)ccc2I)n1. The second-order valence-corrected chi connectivity index (χ2v) is 6.63. The van der Waals surface area contributed by atoms with E-state index < -0.39 is 0 Å². The van der Waals surface area contributed by atoms with E-state index in [1.165, 1.54) is 11.3 Å². The Morgan fingerprint density at radius 2 is 2.29 bits per heavy atom. The van der Waals surface area contributed by atoms with Crippen molar-refractivity contribution in [3.8, 4) is 0 Å². The molecule has 0 saturated carbocycles. The van der Waals surface area contributed by atoms with Gasteiger partial charge in [-0.1, -0.05) is 15.9 Å². The van der Waals surface area contributed by atoms with Crippen molar-refractivity contribution in [2.45, 2.75) is 13.3 Å². The van der Waals surface area contributed by atoms with Gasteiger partial charge in [0.25, 0.3) is 0 Å². The van der Waals surface area contributed by atoms with Gasteiger partial charge in [0.05, 0.1) is 6.42 Å². The zero-order chi connectivity index (χ0) is 12.4. The summed E-state index contributed by atoms with van der Waals surface area (Å²) in [5.41, 5.74) is 1.73. The molecule has 0 amide bonds. The molecule has 0 unspecified atom stereocenters. The normalized spacial score (nSPS) is 10.5. The number of rotatable bonds is 3. The van der Waals surface area contributed by atoms with Crippen molar-refractivity contribution < 1.29 is 4.79 Å². The zero-order valence-corrected chi connectivity index (χ0v) is 13.6. The van der Waals surface area contributed by atoms with E-state index in [2.05, 4.69) is 43.5 Å². The maximum absolute atomic E-state index is 12.1. The topological polar surface area (TPSA) is 30.0 Å². The molecule has 0 bridgehead atoms. The molecule has 2 nitrogen and oxygen atoms in total. The van der Waals surface area contributed by atoms with Crippen LogP contribution in [0.1, 0.15) is 21.1 Å². The fourth-order valence-electron chi connectivity index (χ4n) is 1.43. The van der Waals surface area contributed by atoms with Crippen LogP contribution in [0.5, 0.6) is 0 Å². The molecule has 88 valence electrons. The van der Waals surface area contributed by atoms with Crippen molar-refractivity contribution in [3.05, 3.63) is 47.9 Å². The van der Waals surface area contributed by atoms with Crippen molar-refractivity contribution in [1.82, 2.24) is 4.98 Å². The summed E-state index contributed by atoms with van der Waals surface area (Å²) in [6.07, 6.45) is 0.380. The van der Waals surface area contributed by atoms with Gasteiger partial charge in [0, 0.05) is 24.7 Å². The quantitative estimate of drug-likeness (QED) is 0.547. The van der Waals surface area contributed by atoms with Crippen LogP contribution in [0.4, 0.5) is 0 Å². The fourth-order valence-corrected chi connectivity index (χ4v) is 3.20. The lowest BCUT2D eigenvalue weighted by molar-refractivity contribution is 0.0992. The predicted molar refractivity (Wildman–Crippen MR) is 81.7 cm³/mol. The molecule has 0 atom stereocenters. The van der Waals surface area contributed by atoms with Crippen LogP contribution in [-0.2, 0) is 6.42 Å². The number of halogens is 2. The summed E-state index contributed by atoms with van der Waals surface area (Å²) in [7, 11) is 0. The summed E-state index contributed by atoms with van der Waals surface area (Å²) in [5.74, 6) is 0.116. The smallest absolute Gasteiger partial charge is 0.170 e. The van der Waals surface area contributed by atoms with E-state index in [1.807, 2.05) is 30.5 Å². The molecule has 2 rings (SSSR count). The summed E-state index contributed by atoms with van der Waals surface area (Å²) in [4.78, 5) is 16.4. The minimum atomic E-state index is 0.116. The first kappa shape index (κ1) is 13.2. The van der Waals surface area contributed by atoms with Gasteiger partial charge >= 0.3 is 0 Å². The molecule has 0 N–H and O–H groups in total. The second-order valence-electron chi connectivity index (χ2n) is 3.61.